The lowest BCUT2D eigenvalue weighted by molar-refractivity contribution is -0.142. The third-order valence-corrected chi connectivity index (χ3v) is 9.00. The van der Waals surface area contributed by atoms with Gasteiger partial charge in [0.05, 0.1) is 23.7 Å². The number of benzene rings is 2. The van der Waals surface area contributed by atoms with Gasteiger partial charge < -0.3 is 5.11 Å². The highest BCUT2D eigenvalue weighted by molar-refractivity contribution is 6.08. The van der Waals surface area contributed by atoms with Crippen molar-refractivity contribution in [1.29, 1.82) is 0 Å². The third kappa shape index (κ3) is 3.32. The smallest absolute Gasteiger partial charge is 0.234 e. The first-order valence-corrected chi connectivity index (χ1v) is 13.5. The molecule has 0 radical (unpaired) electrons. The molecule has 7 nitrogen and oxygen atoms in total. The van der Waals surface area contributed by atoms with Crippen LogP contribution in [0.15, 0.2) is 48.0 Å². The van der Waals surface area contributed by atoms with Crippen molar-refractivity contribution in [1.82, 2.24) is 9.80 Å². The zero-order chi connectivity index (χ0) is 26.0. The van der Waals surface area contributed by atoms with Crippen molar-refractivity contribution in [3.63, 3.8) is 0 Å². The van der Waals surface area contributed by atoms with Crippen molar-refractivity contribution in [2.24, 2.45) is 29.6 Å². The standard InChI is InChI=1S/C30H32N2O5/c1-3-13-31-27(34)20-10-9-19-21(25(20)29(31)36)15-22-26(30(37)32(14-4-2)28(22)35)24(19)18-11-12-23(33)17-8-6-5-7-16(17)18/h5-9,11-12,20-22,24-26,33H,3-4,10,13-15H2,1-2H3/t20-,21+,22+,24-,25-,26+/m0/s1. The minimum atomic E-state index is -0.551. The van der Waals surface area contributed by atoms with Crippen LogP contribution in [-0.2, 0) is 19.2 Å². The number of hydrogen-bond acceptors (Lipinski definition) is 5. The Kier molecular flexibility index (Phi) is 5.70. The van der Waals surface area contributed by atoms with E-state index in [9.17, 15) is 24.3 Å². The Morgan fingerprint density at radius 3 is 2.05 bits per heavy atom. The lowest BCUT2D eigenvalue weighted by atomic mass is 9.57. The summed E-state index contributed by atoms with van der Waals surface area (Å²) in [6, 6.07) is 11.1. The Balaban J connectivity index is 1.53. The largest absolute Gasteiger partial charge is 0.507 e. The first-order valence-electron chi connectivity index (χ1n) is 13.5. The number of phenols is 1. The number of carbonyl (C=O) groups is 4. The second-order valence-corrected chi connectivity index (χ2v) is 10.9. The number of fused-ring (bicyclic) bond motifs is 5. The van der Waals surface area contributed by atoms with Crippen LogP contribution in [0.4, 0.5) is 0 Å². The van der Waals surface area contributed by atoms with Crippen molar-refractivity contribution in [3.05, 3.63) is 53.6 Å². The summed E-state index contributed by atoms with van der Waals surface area (Å²) < 4.78 is 0. The molecular formula is C30H32N2O5. The molecule has 0 spiro atoms. The van der Waals surface area contributed by atoms with Gasteiger partial charge in [-0.1, -0.05) is 55.8 Å². The molecule has 1 saturated carbocycles. The van der Waals surface area contributed by atoms with Crippen molar-refractivity contribution in [3.8, 4) is 5.75 Å². The molecule has 37 heavy (non-hydrogen) atoms. The molecule has 6 rings (SSSR count). The Hall–Kier alpha value is -3.48. The van der Waals surface area contributed by atoms with Gasteiger partial charge in [0, 0.05) is 24.4 Å². The summed E-state index contributed by atoms with van der Waals surface area (Å²) in [5.41, 5.74) is 1.89. The Labute approximate surface area is 216 Å². The highest BCUT2D eigenvalue weighted by Crippen LogP contribution is 2.58. The van der Waals surface area contributed by atoms with Crippen LogP contribution in [0.2, 0.25) is 0 Å². The van der Waals surface area contributed by atoms with E-state index in [1.165, 1.54) is 9.80 Å². The molecule has 4 amide bonds. The Morgan fingerprint density at radius 2 is 1.38 bits per heavy atom. The van der Waals surface area contributed by atoms with Crippen LogP contribution >= 0.6 is 0 Å². The number of phenolic OH excluding ortho intramolecular Hbond substituents is 1. The molecular weight excluding hydrogens is 468 g/mol. The van der Waals surface area contributed by atoms with Crippen molar-refractivity contribution < 1.29 is 24.3 Å². The minimum Gasteiger partial charge on any atom is -0.507 e. The number of allylic oxidation sites excluding steroid dienone is 2. The maximum atomic E-state index is 13.8. The van der Waals surface area contributed by atoms with E-state index >= 15 is 0 Å². The molecule has 2 aromatic carbocycles. The van der Waals surface area contributed by atoms with E-state index in [0.29, 0.717) is 44.2 Å². The molecule has 3 fully saturated rings. The maximum Gasteiger partial charge on any atom is 0.234 e. The number of rotatable bonds is 5. The first-order chi connectivity index (χ1) is 17.9. The topological polar surface area (TPSA) is 95.0 Å². The molecule has 1 N–H and O–H groups in total. The first kappa shape index (κ1) is 23.9. The molecule has 6 atom stereocenters. The summed E-state index contributed by atoms with van der Waals surface area (Å²) in [5, 5.41) is 12.1. The van der Waals surface area contributed by atoms with Gasteiger partial charge in [-0.2, -0.15) is 0 Å². The van der Waals surface area contributed by atoms with Crippen LogP contribution in [0.1, 0.15) is 51.0 Å². The van der Waals surface area contributed by atoms with Crippen LogP contribution in [0.3, 0.4) is 0 Å². The number of aromatic hydroxyl groups is 1. The van der Waals surface area contributed by atoms with Crippen molar-refractivity contribution in [2.75, 3.05) is 13.1 Å². The van der Waals surface area contributed by atoms with E-state index in [-0.39, 0.29) is 35.3 Å². The zero-order valence-electron chi connectivity index (χ0n) is 21.2. The number of amides is 4. The number of hydrogen-bond donors (Lipinski definition) is 1. The van der Waals surface area contributed by atoms with Gasteiger partial charge in [-0.3, -0.25) is 29.0 Å². The fourth-order valence-electron chi connectivity index (χ4n) is 7.53. The van der Waals surface area contributed by atoms with Crippen LogP contribution in [0.5, 0.6) is 5.75 Å². The summed E-state index contributed by atoms with van der Waals surface area (Å²) in [4.78, 5) is 57.0. The molecule has 2 saturated heterocycles. The van der Waals surface area contributed by atoms with Gasteiger partial charge in [0.25, 0.3) is 0 Å². The quantitative estimate of drug-likeness (QED) is 0.495. The molecule has 7 heteroatoms. The van der Waals surface area contributed by atoms with Gasteiger partial charge in [0.15, 0.2) is 0 Å². The number of nitrogens with zero attached hydrogens (tertiary/aromatic N) is 2. The lowest BCUT2D eigenvalue weighted by Crippen LogP contribution is -2.43. The lowest BCUT2D eigenvalue weighted by Gasteiger charge is -2.44. The van der Waals surface area contributed by atoms with Gasteiger partial charge in [0.1, 0.15) is 5.75 Å². The monoisotopic (exact) mass is 500 g/mol. The molecule has 4 aliphatic rings. The fraction of sp³-hybridized carbons (Fsp3) is 0.467. The van der Waals surface area contributed by atoms with Gasteiger partial charge in [0.2, 0.25) is 23.6 Å². The number of likely N-dealkylation sites (tertiary alicyclic amines) is 2. The maximum absolute atomic E-state index is 13.8. The van der Waals surface area contributed by atoms with Crippen LogP contribution < -0.4 is 0 Å². The second-order valence-electron chi connectivity index (χ2n) is 10.9. The molecule has 0 bridgehead atoms. The third-order valence-electron chi connectivity index (χ3n) is 9.00. The highest BCUT2D eigenvalue weighted by Gasteiger charge is 2.61. The molecule has 2 aliphatic carbocycles. The highest BCUT2D eigenvalue weighted by atomic mass is 16.3. The van der Waals surface area contributed by atoms with E-state index < -0.39 is 29.6 Å². The van der Waals surface area contributed by atoms with E-state index in [1.807, 2.05) is 44.2 Å². The van der Waals surface area contributed by atoms with Crippen LogP contribution in [0.25, 0.3) is 10.8 Å². The Morgan fingerprint density at radius 1 is 0.757 bits per heavy atom. The molecule has 2 heterocycles. The van der Waals surface area contributed by atoms with Crippen molar-refractivity contribution >= 4 is 34.4 Å². The van der Waals surface area contributed by atoms with E-state index in [1.54, 1.807) is 6.07 Å². The summed E-state index contributed by atoms with van der Waals surface area (Å²) >= 11 is 0. The van der Waals surface area contributed by atoms with Gasteiger partial charge in [-0.05, 0) is 48.6 Å². The molecule has 2 aromatic rings. The summed E-state index contributed by atoms with van der Waals surface area (Å²) in [6.45, 7) is 4.69. The average Bonchev–Trinajstić information content (AvgIpc) is 3.29. The predicted octanol–water partition coefficient (Wildman–Crippen LogP) is 4.00. The van der Waals surface area contributed by atoms with Crippen LogP contribution in [0, 0.1) is 29.6 Å². The zero-order valence-corrected chi connectivity index (χ0v) is 21.2. The number of carbonyl (C=O) groups excluding carboxylic acids is 4. The van der Waals surface area contributed by atoms with E-state index in [0.717, 1.165) is 16.5 Å². The normalized spacial score (nSPS) is 31.0. The summed E-state index contributed by atoms with van der Waals surface area (Å²) in [6.07, 6.45) is 4.34. The SMILES string of the molecule is CCCN1C(=O)[C@H]2[C@H](CC=C3[C@H]2C[C@H]2C(=O)N(CCC)C(=O)[C@H]2[C@H]3c2ccc(O)c3ccccc23)C1=O. The minimum absolute atomic E-state index is 0.109. The van der Waals surface area contributed by atoms with E-state index in [4.69, 9.17) is 0 Å². The van der Waals surface area contributed by atoms with Crippen LogP contribution in [-0.4, -0.2) is 51.6 Å². The summed E-state index contributed by atoms with van der Waals surface area (Å²) in [7, 11) is 0. The summed E-state index contributed by atoms with van der Waals surface area (Å²) in [5.74, 6) is -3.03. The molecule has 0 unspecified atom stereocenters. The average molecular weight is 501 g/mol. The second kappa shape index (κ2) is 8.82. The fourth-order valence-corrected chi connectivity index (χ4v) is 7.53. The van der Waals surface area contributed by atoms with Gasteiger partial charge >= 0.3 is 0 Å². The Bertz CT molecular complexity index is 1360. The van der Waals surface area contributed by atoms with Gasteiger partial charge in [-0.15, -0.1) is 0 Å². The van der Waals surface area contributed by atoms with Crippen molar-refractivity contribution in [2.45, 2.75) is 45.4 Å². The van der Waals surface area contributed by atoms with E-state index in [2.05, 4.69) is 6.08 Å². The molecule has 0 aromatic heterocycles. The predicted molar refractivity (Wildman–Crippen MR) is 137 cm³/mol. The van der Waals surface area contributed by atoms with Gasteiger partial charge in [-0.25, -0.2) is 0 Å². The molecule has 192 valence electrons. The number of imide groups is 2. The molecule has 2 aliphatic heterocycles.